The smallest absolute Gasteiger partial charge is 0.233 e. The third-order valence-corrected chi connectivity index (χ3v) is 5.80. The van der Waals surface area contributed by atoms with Gasteiger partial charge in [0, 0.05) is 18.8 Å². The average Bonchev–Trinajstić information content (AvgIpc) is 3.07. The molecule has 9 heteroatoms. The van der Waals surface area contributed by atoms with Crippen molar-refractivity contribution >= 4 is 39.8 Å². The molecule has 26 heavy (non-hydrogen) atoms. The maximum absolute atomic E-state index is 12.4. The lowest BCUT2D eigenvalue weighted by atomic mass is 10.2. The summed E-state index contributed by atoms with van der Waals surface area (Å²) in [6, 6.07) is 7.58. The lowest BCUT2D eigenvalue weighted by molar-refractivity contribution is -0.140. The van der Waals surface area contributed by atoms with E-state index in [-0.39, 0.29) is 18.1 Å². The van der Waals surface area contributed by atoms with E-state index in [2.05, 4.69) is 15.5 Å². The van der Waals surface area contributed by atoms with Crippen LogP contribution in [0.4, 0.5) is 10.8 Å². The third kappa shape index (κ3) is 5.09. The maximum atomic E-state index is 12.4. The molecule has 3 rings (SSSR count). The number of methoxy groups -OCH3 is 1. The Balaban J connectivity index is 1.50. The number of nitrogens with zero attached hydrogens (tertiary/aromatic N) is 3. The molecular weight excluding hydrogens is 372 g/mol. The van der Waals surface area contributed by atoms with E-state index in [1.165, 1.54) is 23.1 Å². The van der Waals surface area contributed by atoms with E-state index >= 15 is 0 Å². The van der Waals surface area contributed by atoms with Crippen molar-refractivity contribution in [3.8, 4) is 5.75 Å². The molecule has 0 radical (unpaired) electrons. The minimum atomic E-state index is 0.0783. The fourth-order valence-corrected chi connectivity index (χ4v) is 4.39. The van der Waals surface area contributed by atoms with Crippen molar-refractivity contribution in [3.63, 3.8) is 0 Å². The van der Waals surface area contributed by atoms with Gasteiger partial charge in [0.2, 0.25) is 11.0 Å². The molecular formula is C17H22N4O3S2. The number of anilines is 2. The van der Waals surface area contributed by atoms with Crippen LogP contribution in [-0.2, 0) is 9.53 Å². The molecule has 0 saturated carbocycles. The van der Waals surface area contributed by atoms with Crippen molar-refractivity contribution in [1.82, 2.24) is 15.1 Å². The molecule has 0 spiro atoms. The van der Waals surface area contributed by atoms with Crippen LogP contribution in [0.1, 0.15) is 13.8 Å². The van der Waals surface area contributed by atoms with Gasteiger partial charge in [-0.25, -0.2) is 0 Å². The molecule has 2 atom stereocenters. The molecule has 1 amide bonds. The van der Waals surface area contributed by atoms with Crippen LogP contribution in [0, 0.1) is 0 Å². The molecule has 1 aromatic carbocycles. The van der Waals surface area contributed by atoms with Crippen molar-refractivity contribution in [3.05, 3.63) is 24.3 Å². The second-order valence-electron chi connectivity index (χ2n) is 6.07. The van der Waals surface area contributed by atoms with E-state index in [1.807, 2.05) is 43.0 Å². The Kier molecular flexibility index (Phi) is 6.33. The van der Waals surface area contributed by atoms with Crippen LogP contribution >= 0.6 is 23.1 Å². The van der Waals surface area contributed by atoms with Crippen LogP contribution in [0.15, 0.2) is 28.6 Å². The zero-order chi connectivity index (χ0) is 18.5. The molecule has 0 bridgehead atoms. The summed E-state index contributed by atoms with van der Waals surface area (Å²) < 4.78 is 11.6. The fraction of sp³-hybridized carbons (Fsp3) is 0.471. The van der Waals surface area contributed by atoms with Crippen molar-refractivity contribution in [1.29, 1.82) is 0 Å². The molecule has 2 unspecified atom stereocenters. The maximum Gasteiger partial charge on any atom is 0.233 e. The molecule has 7 nitrogen and oxygen atoms in total. The van der Waals surface area contributed by atoms with Crippen molar-refractivity contribution < 1.29 is 14.3 Å². The van der Waals surface area contributed by atoms with Gasteiger partial charge in [0.05, 0.1) is 25.1 Å². The summed E-state index contributed by atoms with van der Waals surface area (Å²) in [7, 11) is 1.64. The Hall–Kier alpha value is -1.84. The number of rotatable bonds is 6. The molecule has 0 aliphatic carbocycles. The van der Waals surface area contributed by atoms with Gasteiger partial charge in [0.1, 0.15) is 5.75 Å². The number of carbonyl (C=O) groups is 1. The molecule has 2 aromatic rings. The molecule has 1 fully saturated rings. The monoisotopic (exact) mass is 394 g/mol. The molecule has 1 aromatic heterocycles. The lowest BCUT2D eigenvalue weighted by Crippen LogP contribution is -2.48. The normalized spacial score (nSPS) is 20.0. The molecule has 140 valence electrons. The van der Waals surface area contributed by atoms with Crippen LogP contribution in [0.25, 0.3) is 0 Å². The minimum Gasteiger partial charge on any atom is -0.497 e. The van der Waals surface area contributed by atoms with Gasteiger partial charge in [-0.2, -0.15) is 0 Å². The summed E-state index contributed by atoms with van der Waals surface area (Å²) in [5.74, 6) is 1.27. The molecule has 2 heterocycles. The van der Waals surface area contributed by atoms with Crippen molar-refractivity contribution in [2.75, 3.05) is 31.3 Å². The number of nitrogens with one attached hydrogen (secondary N) is 1. The number of benzene rings is 1. The van der Waals surface area contributed by atoms with Gasteiger partial charge in [0.15, 0.2) is 4.34 Å². The molecule has 1 saturated heterocycles. The first-order chi connectivity index (χ1) is 12.5. The van der Waals surface area contributed by atoms with Gasteiger partial charge in [-0.1, -0.05) is 23.1 Å². The second kappa shape index (κ2) is 8.70. The number of thioether (sulfide) groups is 1. The summed E-state index contributed by atoms with van der Waals surface area (Å²) in [6.45, 7) is 5.27. The van der Waals surface area contributed by atoms with Crippen LogP contribution in [-0.4, -0.2) is 59.2 Å². The SMILES string of the molecule is COc1ccc(Nc2nnc(SCC(=O)N3CC(C)OC(C)C3)s2)cc1. The fourth-order valence-electron chi connectivity index (χ4n) is 2.71. The first-order valence-electron chi connectivity index (χ1n) is 8.34. The topological polar surface area (TPSA) is 76.6 Å². The van der Waals surface area contributed by atoms with Crippen molar-refractivity contribution in [2.24, 2.45) is 0 Å². The van der Waals surface area contributed by atoms with Crippen LogP contribution in [0.5, 0.6) is 5.75 Å². The van der Waals surface area contributed by atoms with E-state index < -0.39 is 0 Å². The summed E-state index contributed by atoms with van der Waals surface area (Å²) in [5, 5.41) is 12.2. The lowest BCUT2D eigenvalue weighted by Gasteiger charge is -2.35. The van der Waals surface area contributed by atoms with E-state index in [0.717, 1.165) is 15.8 Å². The summed E-state index contributed by atoms with van der Waals surface area (Å²) in [5.41, 5.74) is 0.908. The number of hydrogen-bond donors (Lipinski definition) is 1. The molecule has 1 aliphatic rings. The summed E-state index contributed by atoms with van der Waals surface area (Å²) in [6.07, 6.45) is 0.157. The van der Waals surface area contributed by atoms with E-state index in [4.69, 9.17) is 9.47 Å². The van der Waals surface area contributed by atoms with Gasteiger partial charge in [-0.05, 0) is 38.1 Å². The van der Waals surface area contributed by atoms with Gasteiger partial charge < -0.3 is 19.7 Å². The molecule has 1 aliphatic heterocycles. The highest BCUT2D eigenvalue weighted by molar-refractivity contribution is 8.01. The third-order valence-electron chi connectivity index (χ3n) is 3.84. The zero-order valence-electron chi connectivity index (χ0n) is 15.0. The predicted molar refractivity (Wildman–Crippen MR) is 103 cm³/mol. The first kappa shape index (κ1) is 18.9. The van der Waals surface area contributed by atoms with Gasteiger partial charge >= 0.3 is 0 Å². The highest BCUT2D eigenvalue weighted by Crippen LogP contribution is 2.28. The highest BCUT2D eigenvalue weighted by atomic mass is 32.2. The number of morpholine rings is 1. The number of carbonyl (C=O) groups excluding carboxylic acids is 1. The largest absolute Gasteiger partial charge is 0.497 e. The Labute approximate surface area is 161 Å². The highest BCUT2D eigenvalue weighted by Gasteiger charge is 2.25. The predicted octanol–water partition coefficient (Wildman–Crippen LogP) is 3.02. The minimum absolute atomic E-state index is 0.0783. The standard InChI is InChI=1S/C17H22N4O3S2/c1-11-8-21(9-12(2)24-11)15(22)10-25-17-20-19-16(26-17)18-13-4-6-14(23-3)7-5-13/h4-7,11-12H,8-10H2,1-3H3,(H,18,19). The summed E-state index contributed by atoms with van der Waals surface area (Å²) in [4.78, 5) is 14.3. The number of ether oxygens (including phenoxy) is 2. The Morgan fingerprint density at radius 3 is 2.65 bits per heavy atom. The van der Waals surface area contributed by atoms with Crippen LogP contribution in [0.3, 0.4) is 0 Å². The Morgan fingerprint density at radius 2 is 2.00 bits per heavy atom. The number of amides is 1. The zero-order valence-corrected chi connectivity index (χ0v) is 16.6. The van der Waals surface area contributed by atoms with Crippen LogP contribution in [0.2, 0.25) is 0 Å². The Morgan fingerprint density at radius 1 is 1.31 bits per heavy atom. The second-order valence-corrected chi connectivity index (χ2v) is 8.27. The van der Waals surface area contributed by atoms with Crippen LogP contribution < -0.4 is 10.1 Å². The van der Waals surface area contributed by atoms with E-state index in [9.17, 15) is 4.79 Å². The van der Waals surface area contributed by atoms with E-state index in [0.29, 0.717) is 24.0 Å². The van der Waals surface area contributed by atoms with Crippen molar-refractivity contribution in [2.45, 2.75) is 30.4 Å². The molecule has 1 N–H and O–H groups in total. The summed E-state index contributed by atoms with van der Waals surface area (Å²) >= 11 is 2.85. The van der Waals surface area contributed by atoms with E-state index in [1.54, 1.807) is 7.11 Å². The van der Waals surface area contributed by atoms with Gasteiger partial charge in [-0.3, -0.25) is 4.79 Å². The number of aromatic nitrogens is 2. The van der Waals surface area contributed by atoms with Gasteiger partial charge in [-0.15, -0.1) is 10.2 Å². The first-order valence-corrected chi connectivity index (χ1v) is 10.1. The van der Waals surface area contributed by atoms with Gasteiger partial charge in [0.25, 0.3) is 0 Å². The number of hydrogen-bond acceptors (Lipinski definition) is 8. The quantitative estimate of drug-likeness (QED) is 0.755. The average molecular weight is 395 g/mol. The Bertz CT molecular complexity index is 728.